The van der Waals surface area contributed by atoms with E-state index in [0.717, 1.165) is 0 Å². The number of nitrogens with two attached hydrogens (primary N) is 1. The number of halogens is 4. The van der Waals surface area contributed by atoms with E-state index in [1.165, 1.54) is 19.2 Å². The number of nitrogens with one attached hydrogen (secondary N) is 2. The lowest BCUT2D eigenvalue weighted by atomic mass is 9.62. The maximum atomic E-state index is 16.0. The summed E-state index contributed by atoms with van der Waals surface area (Å²) in [6.07, 6.45) is 0.246. The van der Waals surface area contributed by atoms with Gasteiger partial charge in [0, 0.05) is 39.8 Å². The monoisotopic (exact) mass is 587 g/mol. The first-order valence-electron chi connectivity index (χ1n) is 12.8. The average molecular weight is 588 g/mol. The fourth-order valence-corrected chi connectivity index (χ4v) is 6.66. The zero-order chi connectivity index (χ0) is 29.0. The van der Waals surface area contributed by atoms with Crippen molar-refractivity contribution in [3.63, 3.8) is 0 Å². The summed E-state index contributed by atoms with van der Waals surface area (Å²) in [6, 6.07) is 13.2. The first-order valence-corrected chi connectivity index (χ1v) is 13.6. The molecule has 6 nitrogen and oxygen atoms in total. The van der Waals surface area contributed by atoms with E-state index in [1.54, 1.807) is 56.3 Å². The molecule has 3 aromatic rings. The number of ether oxygens (including phenoxy) is 1. The molecule has 2 heterocycles. The first kappa shape index (κ1) is 28.3. The normalized spacial score (nSPS) is 23.8. The second kappa shape index (κ2) is 10.3. The standard InChI is InChI=1S/C30H29Cl2F2N3O3/c1-29(2,14-33)13-23-30(19-10-8-16(31)12-21(19)36-28(30)39)24(18-5-4-6-20(32)25(18)34)26(37-23)17-9-7-15(27(35)38)11-22(17)40-3/h4-12,23-24,26,37H,13-14H2,1-3H3,(H2,35,38)(H,36,39)/t23-,24-,26-,30+/m0/s1. The Kier molecular flexibility index (Phi) is 7.31. The highest BCUT2D eigenvalue weighted by atomic mass is 35.5. The van der Waals surface area contributed by atoms with E-state index in [0.29, 0.717) is 27.6 Å². The molecule has 1 spiro atoms. The van der Waals surface area contributed by atoms with Crippen LogP contribution in [0.15, 0.2) is 54.6 Å². The molecule has 40 heavy (non-hydrogen) atoms. The van der Waals surface area contributed by atoms with Crippen molar-refractivity contribution in [1.29, 1.82) is 0 Å². The van der Waals surface area contributed by atoms with Gasteiger partial charge in [-0.15, -0.1) is 0 Å². The molecule has 10 heteroatoms. The van der Waals surface area contributed by atoms with Gasteiger partial charge in [0.05, 0.1) is 18.8 Å². The van der Waals surface area contributed by atoms with Gasteiger partial charge in [-0.1, -0.05) is 61.3 Å². The summed E-state index contributed by atoms with van der Waals surface area (Å²) in [4.78, 5) is 26.2. The van der Waals surface area contributed by atoms with Gasteiger partial charge in [-0.05, 0) is 53.3 Å². The maximum absolute atomic E-state index is 16.0. The number of fused-ring (bicyclic) bond motifs is 2. The van der Waals surface area contributed by atoms with Crippen molar-refractivity contribution in [2.24, 2.45) is 11.1 Å². The number of rotatable bonds is 7. The van der Waals surface area contributed by atoms with E-state index in [2.05, 4.69) is 10.6 Å². The Morgan fingerprint density at radius 1 is 1.12 bits per heavy atom. The molecular formula is C30H29Cl2F2N3O3. The molecule has 0 bridgehead atoms. The molecule has 1 fully saturated rings. The number of benzene rings is 3. The van der Waals surface area contributed by atoms with Gasteiger partial charge in [0.25, 0.3) is 0 Å². The van der Waals surface area contributed by atoms with Crippen LogP contribution >= 0.6 is 23.2 Å². The van der Waals surface area contributed by atoms with Gasteiger partial charge >= 0.3 is 0 Å². The largest absolute Gasteiger partial charge is 0.496 e. The number of primary amides is 1. The summed E-state index contributed by atoms with van der Waals surface area (Å²) < 4.78 is 35.9. The summed E-state index contributed by atoms with van der Waals surface area (Å²) in [7, 11) is 1.45. The lowest BCUT2D eigenvalue weighted by Crippen LogP contribution is -2.50. The summed E-state index contributed by atoms with van der Waals surface area (Å²) in [5.74, 6) is -2.19. The Morgan fingerprint density at radius 3 is 2.55 bits per heavy atom. The minimum absolute atomic E-state index is 0.0929. The van der Waals surface area contributed by atoms with Gasteiger partial charge in [0.15, 0.2) is 0 Å². The molecule has 0 unspecified atom stereocenters. The van der Waals surface area contributed by atoms with Crippen LogP contribution in [-0.2, 0) is 10.2 Å². The predicted molar refractivity (Wildman–Crippen MR) is 151 cm³/mol. The molecule has 4 atom stereocenters. The molecule has 0 radical (unpaired) electrons. The molecule has 0 aromatic heterocycles. The number of carbonyl (C=O) groups excluding carboxylic acids is 2. The van der Waals surface area contributed by atoms with E-state index < -0.39 is 47.2 Å². The number of carbonyl (C=O) groups is 2. The van der Waals surface area contributed by atoms with Crippen LogP contribution in [0.5, 0.6) is 5.75 Å². The third-order valence-electron chi connectivity index (χ3n) is 8.09. The van der Waals surface area contributed by atoms with Crippen molar-refractivity contribution >= 4 is 40.7 Å². The minimum atomic E-state index is -1.38. The molecule has 210 valence electrons. The number of methoxy groups -OCH3 is 1. The van der Waals surface area contributed by atoms with Gasteiger partial charge in [-0.3, -0.25) is 14.0 Å². The fraction of sp³-hybridized carbons (Fsp3) is 0.333. The molecule has 5 rings (SSSR count). The van der Waals surface area contributed by atoms with Crippen molar-refractivity contribution in [3.8, 4) is 5.75 Å². The molecule has 0 aliphatic carbocycles. The number of hydrogen-bond acceptors (Lipinski definition) is 4. The molecular weight excluding hydrogens is 559 g/mol. The van der Waals surface area contributed by atoms with E-state index in [4.69, 9.17) is 33.7 Å². The Bertz CT molecular complexity index is 1520. The molecule has 2 amide bonds. The topological polar surface area (TPSA) is 93.4 Å². The van der Waals surface area contributed by atoms with Crippen molar-refractivity contribution in [2.75, 3.05) is 19.1 Å². The van der Waals surface area contributed by atoms with E-state index in [-0.39, 0.29) is 28.5 Å². The molecule has 3 aromatic carbocycles. The van der Waals surface area contributed by atoms with Crippen molar-refractivity contribution in [1.82, 2.24) is 5.32 Å². The van der Waals surface area contributed by atoms with Crippen LogP contribution in [0.25, 0.3) is 0 Å². The quantitative estimate of drug-likeness (QED) is 0.302. The van der Waals surface area contributed by atoms with Crippen molar-refractivity contribution < 1.29 is 23.1 Å². The van der Waals surface area contributed by atoms with E-state index in [9.17, 15) is 14.0 Å². The fourth-order valence-electron chi connectivity index (χ4n) is 6.31. The average Bonchev–Trinajstić information content (AvgIpc) is 3.39. The van der Waals surface area contributed by atoms with Gasteiger partial charge in [-0.2, -0.15) is 0 Å². The molecule has 2 aliphatic rings. The minimum Gasteiger partial charge on any atom is -0.496 e. The van der Waals surface area contributed by atoms with Crippen molar-refractivity contribution in [2.45, 2.75) is 43.7 Å². The van der Waals surface area contributed by atoms with Gasteiger partial charge < -0.3 is 21.1 Å². The second-order valence-corrected chi connectivity index (χ2v) is 12.0. The van der Waals surface area contributed by atoms with Crippen LogP contribution in [0.2, 0.25) is 10.0 Å². The first-order chi connectivity index (χ1) is 18.9. The third-order valence-corrected chi connectivity index (χ3v) is 8.62. The van der Waals surface area contributed by atoms with Crippen LogP contribution < -0.4 is 21.1 Å². The van der Waals surface area contributed by atoms with Crippen LogP contribution in [0, 0.1) is 11.2 Å². The lowest BCUT2D eigenvalue weighted by molar-refractivity contribution is -0.122. The van der Waals surface area contributed by atoms with Crippen molar-refractivity contribution in [3.05, 3.63) is 92.7 Å². The van der Waals surface area contributed by atoms with E-state index >= 15 is 4.39 Å². The Hall–Kier alpha value is -3.20. The maximum Gasteiger partial charge on any atom is 0.248 e. The summed E-state index contributed by atoms with van der Waals surface area (Å²) >= 11 is 12.6. The summed E-state index contributed by atoms with van der Waals surface area (Å²) in [5, 5.41) is 6.86. The summed E-state index contributed by atoms with van der Waals surface area (Å²) in [6.45, 7) is 2.93. The highest BCUT2D eigenvalue weighted by molar-refractivity contribution is 6.31. The van der Waals surface area contributed by atoms with Gasteiger partial charge in [0.1, 0.15) is 17.0 Å². The molecule has 0 saturated carbocycles. The molecule has 2 aliphatic heterocycles. The highest BCUT2D eigenvalue weighted by Crippen LogP contribution is 2.61. The smallest absolute Gasteiger partial charge is 0.248 e. The van der Waals surface area contributed by atoms with Gasteiger partial charge in [-0.25, -0.2) is 4.39 Å². The van der Waals surface area contributed by atoms with Crippen LogP contribution in [0.1, 0.15) is 59.3 Å². The predicted octanol–water partition coefficient (Wildman–Crippen LogP) is 6.31. The second-order valence-electron chi connectivity index (χ2n) is 11.2. The SMILES string of the molecule is COc1cc(C(N)=O)ccc1[C@@H]1N[C@@H](CC(C)(C)CF)[C@@]2(C(=O)Nc3cc(Cl)ccc32)[C@H]1c1cccc(Cl)c1F. The number of hydrogen-bond donors (Lipinski definition) is 3. The Labute approximate surface area is 241 Å². The Balaban J connectivity index is 1.84. The van der Waals surface area contributed by atoms with Gasteiger partial charge in [0.2, 0.25) is 11.8 Å². The lowest BCUT2D eigenvalue weighted by Gasteiger charge is -2.38. The molecule has 1 saturated heterocycles. The third kappa shape index (κ3) is 4.42. The molecule has 4 N–H and O–H groups in total. The van der Waals surface area contributed by atoms with Crippen LogP contribution in [0.4, 0.5) is 14.5 Å². The van der Waals surface area contributed by atoms with Crippen LogP contribution in [0.3, 0.4) is 0 Å². The number of amides is 2. The number of anilines is 1. The number of alkyl halides is 1. The zero-order valence-electron chi connectivity index (χ0n) is 22.2. The highest BCUT2D eigenvalue weighted by Gasteiger charge is 2.65. The Morgan fingerprint density at radius 2 is 1.88 bits per heavy atom. The van der Waals surface area contributed by atoms with E-state index in [1.807, 2.05) is 0 Å². The zero-order valence-corrected chi connectivity index (χ0v) is 23.7. The van der Waals surface area contributed by atoms with Crippen LogP contribution in [-0.4, -0.2) is 31.6 Å². The summed E-state index contributed by atoms with van der Waals surface area (Å²) in [5.41, 5.74) is 5.46.